The van der Waals surface area contributed by atoms with Crippen molar-refractivity contribution in [2.24, 2.45) is 16.7 Å². The quantitative estimate of drug-likeness (QED) is 0.0644. The molecule has 8 atom stereocenters. The Kier molecular flexibility index (Phi) is 12.2. The van der Waals surface area contributed by atoms with Crippen LogP contribution in [0.25, 0.3) is 0 Å². The molecule has 3 fully saturated rings. The largest absolute Gasteiger partial charge is 0.455 e. The normalized spacial score (nSPS) is 31.6. The van der Waals surface area contributed by atoms with Gasteiger partial charge in [-0.2, -0.15) is 0 Å². The van der Waals surface area contributed by atoms with E-state index in [1.54, 1.807) is 13.8 Å². The summed E-state index contributed by atoms with van der Waals surface area (Å²) in [5.41, 5.74) is -5.57. The Bertz CT molecular complexity index is 1960. The van der Waals surface area contributed by atoms with E-state index in [0.29, 0.717) is 12.8 Å². The van der Waals surface area contributed by atoms with Crippen LogP contribution in [-0.2, 0) is 33.8 Å². The van der Waals surface area contributed by atoms with E-state index in [2.05, 4.69) is 51.1 Å². The van der Waals surface area contributed by atoms with Gasteiger partial charge in [-0.3, -0.25) is 19.7 Å². The third-order valence-corrected chi connectivity index (χ3v) is 19.2. The third kappa shape index (κ3) is 7.43. The minimum absolute atomic E-state index is 0.172. The first kappa shape index (κ1) is 45.6. The molecule has 2 aliphatic carbocycles. The first-order valence-electron chi connectivity index (χ1n) is 21.3. The zero-order chi connectivity index (χ0) is 44.2. The van der Waals surface area contributed by atoms with Crippen molar-refractivity contribution in [3.05, 3.63) is 120 Å². The minimum Gasteiger partial charge on any atom is -0.455 e. The molecular formula is C49H66N2O8Si. The number of aliphatic hydroxyl groups is 2. The topological polar surface area (TPSA) is 143 Å². The predicted molar refractivity (Wildman–Crippen MR) is 235 cm³/mol. The molecule has 2 saturated carbocycles. The van der Waals surface area contributed by atoms with E-state index < -0.39 is 89.9 Å². The first-order chi connectivity index (χ1) is 27.9. The smallest absolute Gasteiger partial charge is 0.325 e. The predicted octanol–water partition coefficient (Wildman–Crippen LogP) is 7.23. The summed E-state index contributed by atoms with van der Waals surface area (Å²) in [6.45, 7) is 23.1. The lowest BCUT2D eigenvalue weighted by atomic mass is 9.40. The summed E-state index contributed by atoms with van der Waals surface area (Å²) in [6.07, 6.45) is -0.977. The van der Waals surface area contributed by atoms with Gasteiger partial charge in [-0.15, -0.1) is 6.58 Å². The van der Waals surface area contributed by atoms with Gasteiger partial charge in [0.1, 0.15) is 12.1 Å². The van der Waals surface area contributed by atoms with E-state index in [-0.39, 0.29) is 18.0 Å². The number of ether oxygens (including phenoxy) is 2. The fourth-order valence-corrected chi connectivity index (χ4v) is 12.1. The minimum atomic E-state index is -2.49. The Morgan fingerprint density at radius 1 is 0.883 bits per heavy atom. The molecule has 324 valence electrons. The average Bonchev–Trinajstić information content (AvgIpc) is 3.19. The number of aliphatic hydroxyl groups excluding tert-OH is 1. The van der Waals surface area contributed by atoms with Crippen LogP contribution in [0.3, 0.4) is 0 Å². The van der Waals surface area contributed by atoms with Crippen LogP contribution in [-0.4, -0.2) is 84.4 Å². The van der Waals surface area contributed by atoms with E-state index in [1.807, 2.05) is 112 Å². The Labute approximate surface area is 357 Å². The van der Waals surface area contributed by atoms with Crippen LogP contribution in [0.5, 0.6) is 0 Å². The number of hydrogen-bond acceptors (Lipinski definition) is 9. The molecule has 3 aliphatic rings. The Balaban J connectivity index is 1.30. The number of nitrogens with one attached hydrogen (secondary N) is 2. The van der Waals surface area contributed by atoms with Gasteiger partial charge in [0.05, 0.1) is 29.9 Å². The maximum atomic E-state index is 14.8. The monoisotopic (exact) mass is 838 g/mol. The number of carbonyl (C=O) groups excluding carboxylic acids is 3. The zero-order valence-corrected chi connectivity index (χ0v) is 38.1. The second-order valence-corrected chi connectivity index (χ2v) is 24.8. The average molecular weight is 839 g/mol. The van der Waals surface area contributed by atoms with E-state index in [9.17, 15) is 24.6 Å². The molecule has 1 heterocycles. The van der Waals surface area contributed by atoms with Gasteiger partial charge in [-0.05, 0) is 66.9 Å². The standard InChI is InChI=1S/C49H66N2O8Si/c1-12-45(7)30-36(52)49(56)46(8)37(58-60(10,11)43(2,3)4)28-29-44(5,6)41(46)40(55)42(47(49,9)59-45)57-39(54)32-50-38(53)31-51-48(33-22-16-13-17-23-33,34-24-18-14-19-25-34)35-26-20-15-21-27-35/h12-27,37,40-42,51,55-56H,1,28-32H2,2-11H3,(H,50,53)/t37-,40-,41-,42-,45-,46-,47+,49-/m0/s1. The Morgan fingerprint density at radius 2 is 1.38 bits per heavy atom. The molecule has 4 N–H and O–H groups in total. The number of carbonyl (C=O) groups is 3. The second kappa shape index (κ2) is 16.1. The van der Waals surface area contributed by atoms with Crippen molar-refractivity contribution in [2.75, 3.05) is 13.1 Å². The van der Waals surface area contributed by atoms with Gasteiger partial charge < -0.3 is 29.4 Å². The van der Waals surface area contributed by atoms with E-state index in [1.165, 1.54) is 6.08 Å². The number of fused-ring (bicyclic) bond motifs is 3. The molecule has 0 unspecified atom stereocenters. The molecule has 3 aromatic carbocycles. The molecule has 60 heavy (non-hydrogen) atoms. The van der Waals surface area contributed by atoms with Gasteiger partial charge in [0, 0.05) is 17.8 Å². The maximum absolute atomic E-state index is 14.8. The van der Waals surface area contributed by atoms with Crippen LogP contribution in [0, 0.1) is 16.7 Å². The van der Waals surface area contributed by atoms with Gasteiger partial charge in [0.25, 0.3) is 0 Å². The lowest BCUT2D eigenvalue weighted by Crippen LogP contribution is -2.87. The second-order valence-electron chi connectivity index (χ2n) is 20.1. The van der Waals surface area contributed by atoms with Crippen molar-refractivity contribution < 1.29 is 38.5 Å². The van der Waals surface area contributed by atoms with Gasteiger partial charge in [0.15, 0.2) is 25.8 Å². The van der Waals surface area contributed by atoms with Crippen molar-refractivity contribution >= 4 is 26.0 Å². The highest BCUT2D eigenvalue weighted by molar-refractivity contribution is 6.74. The van der Waals surface area contributed by atoms with Crippen LogP contribution in [0.1, 0.15) is 91.3 Å². The van der Waals surface area contributed by atoms with Gasteiger partial charge in [0.2, 0.25) is 5.91 Å². The Morgan fingerprint density at radius 3 is 1.85 bits per heavy atom. The summed E-state index contributed by atoms with van der Waals surface area (Å²) in [7, 11) is -2.49. The van der Waals surface area contributed by atoms with Crippen LogP contribution in [0.4, 0.5) is 0 Å². The molecular weight excluding hydrogens is 773 g/mol. The highest BCUT2D eigenvalue weighted by Crippen LogP contribution is 2.68. The number of ketones is 1. The van der Waals surface area contributed by atoms with Crippen LogP contribution >= 0.6 is 0 Å². The van der Waals surface area contributed by atoms with Gasteiger partial charge >= 0.3 is 5.97 Å². The fourth-order valence-electron chi connectivity index (χ4n) is 10.7. The van der Waals surface area contributed by atoms with Gasteiger partial charge in [-0.25, -0.2) is 0 Å². The van der Waals surface area contributed by atoms with Crippen LogP contribution in [0.2, 0.25) is 18.1 Å². The molecule has 6 rings (SSSR count). The summed E-state index contributed by atoms with van der Waals surface area (Å²) < 4.78 is 20.1. The van der Waals surface area contributed by atoms with Crippen molar-refractivity contribution in [1.82, 2.24) is 10.6 Å². The molecule has 3 aromatic rings. The first-order valence-corrected chi connectivity index (χ1v) is 24.2. The fraction of sp³-hybridized carbons (Fsp3) is 0.531. The SMILES string of the molecule is C=C[C@@]1(C)CC(=O)[C@]2(O)[C@@]3(C)[C@@H](O[Si](C)(C)C(C)(C)C)CCC(C)(C)[C@@H]3[C@H](O)[C@H](OC(=O)CNC(=O)CNC(c3ccccc3)(c3ccccc3)c3ccccc3)[C@@]2(C)O1. The summed E-state index contributed by atoms with van der Waals surface area (Å²) in [6, 6.07) is 29.6. The summed E-state index contributed by atoms with van der Waals surface area (Å²) >= 11 is 0. The molecule has 1 amide bonds. The van der Waals surface area contributed by atoms with Crippen molar-refractivity contribution in [3.63, 3.8) is 0 Å². The lowest BCUT2D eigenvalue weighted by Gasteiger charge is -2.72. The highest BCUT2D eigenvalue weighted by atomic mass is 28.4. The number of amides is 1. The molecule has 11 heteroatoms. The molecule has 10 nitrogen and oxygen atoms in total. The summed E-state index contributed by atoms with van der Waals surface area (Å²) in [5.74, 6) is -2.57. The van der Waals surface area contributed by atoms with Crippen LogP contribution < -0.4 is 10.6 Å². The number of hydrogen-bond donors (Lipinski definition) is 4. The Hall–Kier alpha value is -3.97. The van der Waals surface area contributed by atoms with E-state index >= 15 is 0 Å². The number of rotatable bonds is 12. The van der Waals surface area contributed by atoms with Crippen molar-refractivity contribution in [1.29, 1.82) is 0 Å². The molecule has 0 aromatic heterocycles. The third-order valence-electron chi connectivity index (χ3n) is 14.8. The summed E-state index contributed by atoms with van der Waals surface area (Å²) in [5, 5.41) is 32.1. The highest BCUT2D eigenvalue weighted by Gasteiger charge is 2.81. The van der Waals surface area contributed by atoms with Gasteiger partial charge in [-0.1, -0.05) is 139 Å². The molecule has 1 saturated heterocycles. The number of esters is 1. The zero-order valence-electron chi connectivity index (χ0n) is 37.1. The van der Waals surface area contributed by atoms with Crippen molar-refractivity contribution in [3.8, 4) is 0 Å². The maximum Gasteiger partial charge on any atom is 0.325 e. The van der Waals surface area contributed by atoms with E-state index in [4.69, 9.17) is 13.9 Å². The molecule has 0 bridgehead atoms. The van der Waals surface area contributed by atoms with E-state index in [0.717, 1.165) is 16.7 Å². The molecule has 0 spiro atoms. The molecule has 0 radical (unpaired) electrons. The van der Waals surface area contributed by atoms with Crippen molar-refractivity contribution in [2.45, 2.75) is 133 Å². The number of Topliss-reactive ketones (excluding diaryl/α,β-unsaturated/α-hetero) is 1. The number of benzene rings is 3. The van der Waals surface area contributed by atoms with Crippen LogP contribution in [0.15, 0.2) is 104 Å². The molecule has 1 aliphatic heterocycles. The lowest BCUT2D eigenvalue weighted by molar-refractivity contribution is -0.369. The summed E-state index contributed by atoms with van der Waals surface area (Å²) in [4.78, 5) is 42.5.